The van der Waals surface area contributed by atoms with E-state index in [2.05, 4.69) is 43.6 Å². The average Bonchev–Trinajstić information content (AvgIpc) is 3.39. The van der Waals surface area contributed by atoms with Crippen LogP contribution in [0, 0.1) is 5.82 Å². The Balaban J connectivity index is 1.51. The van der Waals surface area contributed by atoms with Crippen molar-refractivity contribution in [3.8, 4) is 11.3 Å². The molecule has 0 spiro atoms. The average molecular weight is 435 g/mol. The van der Waals surface area contributed by atoms with Gasteiger partial charge in [-0.25, -0.2) is 23.9 Å². The van der Waals surface area contributed by atoms with Crippen molar-refractivity contribution in [1.29, 1.82) is 0 Å². The van der Waals surface area contributed by atoms with E-state index in [1.165, 1.54) is 6.07 Å². The maximum absolute atomic E-state index is 14.5. The Morgan fingerprint density at radius 3 is 2.83 bits per heavy atom. The minimum absolute atomic E-state index is 0.353. The first-order chi connectivity index (χ1) is 14.6. The van der Waals surface area contributed by atoms with Gasteiger partial charge in [0.05, 0.1) is 33.8 Å². The van der Waals surface area contributed by atoms with Gasteiger partial charge in [-0.3, -0.25) is 0 Å². The number of nitrogens with zero attached hydrogens (tertiary/aromatic N) is 5. The molecule has 0 aliphatic carbocycles. The summed E-state index contributed by atoms with van der Waals surface area (Å²) in [6.07, 6.45) is 3.99. The number of nitrogens with one attached hydrogen (secondary N) is 1. The number of rotatable bonds is 4. The number of aromatic nitrogens is 5. The molecule has 0 aliphatic rings. The topological polar surface area (TPSA) is 68.0 Å². The van der Waals surface area contributed by atoms with Crippen molar-refractivity contribution < 1.29 is 4.39 Å². The van der Waals surface area contributed by atoms with Crippen molar-refractivity contribution in [2.45, 2.75) is 6.42 Å². The lowest BCUT2D eigenvalue weighted by Gasteiger charge is -2.08. The molecule has 5 aromatic rings. The highest BCUT2D eigenvalue weighted by Gasteiger charge is 2.13. The van der Waals surface area contributed by atoms with Gasteiger partial charge in [-0.2, -0.15) is 5.10 Å². The summed E-state index contributed by atoms with van der Waals surface area (Å²) < 4.78 is 17.3. The van der Waals surface area contributed by atoms with Crippen LogP contribution in [-0.2, 0) is 6.42 Å². The van der Waals surface area contributed by atoms with Crippen LogP contribution in [0.4, 0.5) is 4.39 Å². The highest BCUT2D eigenvalue weighted by atomic mass is 32.1. The number of hydrogen-bond acceptors (Lipinski definition) is 6. The first-order valence-corrected chi connectivity index (χ1v) is 10.4. The van der Waals surface area contributed by atoms with E-state index in [0.717, 1.165) is 21.5 Å². The fraction of sp³-hybridized carbons (Fsp3) is 0.0952. The number of halogens is 1. The third-order valence-electron chi connectivity index (χ3n) is 4.82. The maximum atomic E-state index is 14.5. The summed E-state index contributed by atoms with van der Waals surface area (Å²) in [4.78, 5) is 13.5. The molecule has 2 aromatic carbocycles. The predicted octanol–water partition coefficient (Wildman–Crippen LogP) is 4.03. The monoisotopic (exact) mass is 434 g/mol. The molecule has 3 heterocycles. The van der Waals surface area contributed by atoms with Crippen LogP contribution < -0.4 is 5.32 Å². The summed E-state index contributed by atoms with van der Waals surface area (Å²) in [6.45, 7) is 0. The molecule has 3 aromatic heterocycles. The predicted molar refractivity (Wildman–Crippen MR) is 119 cm³/mol. The van der Waals surface area contributed by atoms with E-state index in [0.29, 0.717) is 34.0 Å². The quantitative estimate of drug-likeness (QED) is 0.431. The smallest absolute Gasteiger partial charge is 0.250 e. The number of thiocarbonyl (C=S) groups is 1. The summed E-state index contributed by atoms with van der Waals surface area (Å²) in [6, 6.07) is 11.1. The Kier molecular flexibility index (Phi) is 4.68. The Bertz CT molecular complexity index is 1410. The SMILES string of the molecule is CNC(=S)c1ccc(-c2cnc3ncc(Cc4ccc5scnc5c4)n3n2)cc1F. The van der Waals surface area contributed by atoms with Crippen molar-refractivity contribution >= 4 is 44.5 Å². The number of thiazole rings is 1. The standard InChI is InChI=1S/C21H15FN6S2/c1-23-20(29)15-4-3-13(8-16(15)22)18-10-25-21-24-9-14(28(21)27-18)6-12-2-5-19-17(7-12)26-11-30-19/h2-5,7-11H,6H2,1H3,(H,23,29). The van der Waals surface area contributed by atoms with E-state index in [1.807, 2.05) is 5.51 Å². The summed E-state index contributed by atoms with van der Waals surface area (Å²) in [5.74, 6) is 0.0908. The lowest BCUT2D eigenvalue weighted by Crippen LogP contribution is -2.17. The highest BCUT2D eigenvalue weighted by molar-refractivity contribution is 7.80. The van der Waals surface area contributed by atoms with Gasteiger partial charge in [0.2, 0.25) is 0 Å². The van der Waals surface area contributed by atoms with Crippen molar-refractivity contribution in [2.24, 2.45) is 0 Å². The van der Waals surface area contributed by atoms with Crippen molar-refractivity contribution in [3.63, 3.8) is 0 Å². The molecule has 30 heavy (non-hydrogen) atoms. The largest absolute Gasteiger partial charge is 0.379 e. The lowest BCUT2D eigenvalue weighted by molar-refractivity contribution is 0.625. The van der Waals surface area contributed by atoms with Gasteiger partial charge >= 0.3 is 0 Å². The molecule has 1 N–H and O–H groups in total. The van der Waals surface area contributed by atoms with Gasteiger partial charge in [-0.1, -0.05) is 24.4 Å². The van der Waals surface area contributed by atoms with Gasteiger partial charge in [0.1, 0.15) is 16.5 Å². The third-order valence-corrected chi connectivity index (χ3v) is 6.05. The Morgan fingerprint density at radius 2 is 2.00 bits per heavy atom. The minimum Gasteiger partial charge on any atom is -0.379 e. The zero-order valence-electron chi connectivity index (χ0n) is 15.8. The number of benzene rings is 2. The van der Waals surface area contributed by atoms with E-state index in [1.54, 1.807) is 47.4 Å². The van der Waals surface area contributed by atoms with Crippen LogP contribution in [0.2, 0.25) is 0 Å². The zero-order chi connectivity index (χ0) is 20.7. The molecule has 0 fully saturated rings. The molecule has 0 saturated carbocycles. The molecule has 0 bridgehead atoms. The second kappa shape index (κ2) is 7.51. The third kappa shape index (κ3) is 3.31. The molecule has 6 nitrogen and oxygen atoms in total. The summed E-state index contributed by atoms with van der Waals surface area (Å²) in [5.41, 5.74) is 6.35. The summed E-state index contributed by atoms with van der Waals surface area (Å²) >= 11 is 6.75. The summed E-state index contributed by atoms with van der Waals surface area (Å²) in [5, 5.41) is 7.44. The van der Waals surface area contributed by atoms with Crippen LogP contribution in [0.3, 0.4) is 0 Å². The van der Waals surface area contributed by atoms with Crippen molar-refractivity contribution in [1.82, 2.24) is 29.9 Å². The van der Waals surface area contributed by atoms with E-state index in [9.17, 15) is 4.39 Å². The fourth-order valence-electron chi connectivity index (χ4n) is 3.29. The van der Waals surface area contributed by atoms with Gasteiger partial charge in [-0.15, -0.1) is 11.3 Å². The Hall–Kier alpha value is -3.30. The van der Waals surface area contributed by atoms with Crippen LogP contribution in [0.25, 0.3) is 27.3 Å². The van der Waals surface area contributed by atoms with Gasteiger partial charge in [-0.05, 0) is 29.8 Å². The molecule has 0 amide bonds. The van der Waals surface area contributed by atoms with Gasteiger partial charge in [0.25, 0.3) is 5.78 Å². The normalized spacial score (nSPS) is 11.3. The van der Waals surface area contributed by atoms with Crippen LogP contribution in [0.5, 0.6) is 0 Å². The van der Waals surface area contributed by atoms with E-state index in [-0.39, 0.29) is 0 Å². The lowest BCUT2D eigenvalue weighted by atomic mass is 10.1. The Labute approximate surface area is 180 Å². The minimum atomic E-state index is -0.406. The number of hydrogen-bond donors (Lipinski definition) is 1. The van der Waals surface area contributed by atoms with Crippen LogP contribution in [0.1, 0.15) is 16.8 Å². The van der Waals surface area contributed by atoms with Gasteiger partial charge < -0.3 is 5.32 Å². The second-order valence-electron chi connectivity index (χ2n) is 6.71. The molecular weight excluding hydrogens is 419 g/mol. The molecule has 148 valence electrons. The van der Waals surface area contributed by atoms with Crippen LogP contribution >= 0.6 is 23.6 Å². The molecular formula is C21H15FN6S2. The van der Waals surface area contributed by atoms with E-state index < -0.39 is 5.82 Å². The van der Waals surface area contributed by atoms with Gasteiger partial charge in [0, 0.05) is 24.6 Å². The Morgan fingerprint density at radius 1 is 1.13 bits per heavy atom. The van der Waals surface area contributed by atoms with E-state index in [4.69, 9.17) is 12.2 Å². The molecule has 0 unspecified atom stereocenters. The zero-order valence-corrected chi connectivity index (χ0v) is 17.5. The van der Waals surface area contributed by atoms with Crippen LogP contribution in [0.15, 0.2) is 54.3 Å². The first-order valence-electron chi connectivity index (χ1n) is 9.16. The van der Waals surface area contributed by atoms with Crippen molar-refractivity contribution in [3.05, 3.63) is 76.9 Å². The first kappa shape index (κ1) is 18.7. The second-order valence-corrected chi connectivity index (χ2v) is 8.00. The molecule has 0 saturated heterocycles. The molecule has 9 heteroatoms. The van der Waals surface area contributed by atoms with Gasteiger partial charge in [0.15, 0.2) is 0 Å². The molecule has 0 aliphatic heterocycles. The fourth-order valence-corrected chi connectivity index (χ4v) is 4.11. The van der Waals surface area contributed by atoms with Crippen molar-refractivity contribution in [2.75, 3.05) is 7.05 Å². The molecule has 0 radical (unpaired) electrons. The summed E-state index contributed by atoms with van der Waals surface area (Å²) in [7, 11) is 1.67. The maximum Gasteiger partial charge on any atom is 0.250 e. The van der Waals surface area contributed by atoms with E-state index >= 15 is 0 Å². The molecule has 5 rings (SSSR count). The molecule has 0 atom stereocenters. The number of fused-ring (bicyclic) bond motifs is 2. The van der Waals surface area contributed by atoms with Crippen LogP contribution in [-0.4, -0.2) is 36.6 Å². The highest BCUT2D eigenvalue weighted by Crippen LogP contribution is 2.22. The number of imidazole rings is 1.